The average Bonchev–Trinajstić information content (AvgIpc) is 3.14. The predicted octanol–water partition coefficient (Wildman–Crippen LogP) is 6.03. The number of carbonyl (C=O) groups excluding carboxylic acids is 2. The van der Waals surface area contributed by atoms with E-state index in [-0.39, 0.29) is 17.8 Å². The molecule has 0 bridgehead atoms. The Morgan fingerprint density at radius 3 is 2.57 bits per heavy atom. The molecule has 176 valence electrons. The predicted molar refractivity (Wildman–Crippen MR) is 144 cm³/mol. The molecule has 0 N–H and O–H groups in total. The van der Waals surface area contributed by atoms with Gasteiger partial charge in [-0.1, -0.05) is 48.5 Å². The van der Waals surface area contributed by atoms with Crippen molar-refractivity contribution < 1.29 is 19.1 Å². The van der Waals surface area contributed by atoms with E-state index in [2.05, 4.69) is 28.7 Å². The minimum Gasteiger partial charge on any atom is -0.493 e. The minimum atomic E-state index is -0.293. The molecule has 1 heterocycles. The summed E-state index contributed by atoms with van der Waals surface area (Å²) in [5, 5.41) is 9.03. The molecule has 2 amide bonds. The van der Waals surface area contributed by atoms with Crippen molar-refractivity contribution in [3.05, 3.63) is 97.5 Å². The maximum atomic E-state index is 12.9. The molecule has 0 unspecified atom stereocenters. The van der Waals surface area contributed by atoms with Crippen LogP contribution in [-0.4, -0.2) is 29.7 Å². The number of halogens is 1. The van der Waals surface area contributed by atoms with Gasteiger partial charge in [0, 0.05) is 12.1 Å². The third-order valence-electron chi connectivity index (χ3n) is 5.40. The van der Waals surface area contributed by atoms with Crippen molar-refractivity contribution in [2.45, 2.75) is 13.0 Å². The molecule has 0 spiro atoms. The van der Waals surface area contributed by atoms with Gasteiger partial charge in [0.1, 0.15) is 6.61 Å². The van der Waals surface area contributed by atoms with Crippen LogP contribution in [0.4, 0.5) is 4.79 Å². The minimum absolute atomic E-state index is 0.218. The number of carbonyl (C=O) groups is 2. The number of hydrogen-bond acceptors (Lipinski definition) is 6. The number of imide groups is 1. The summed E-state index contributed by atoms with van der Waals surface area (Å²) in [5.41, 5.74) is 3.13. The van der Waals surface area contributed by atoms with Crippen LogP contribution in [0.25, 0.3) is 6.08 Å². The zero-order chi connectivity index (χ0) is 24.8. The molecule has 0 aromatic heterocycles. The lowest BCUT2D eigenvalue weighted by molar-refractivity contribution is -0.122. The number of hydrogen-bond donors (Lipinski definition) is 0. The van der Waals surface area contributed by atoms with E-state index in [0.29, 0.717) is 34.9 Å². The van der Waals surface area contributed by atoms with E-state index in [1.807, 2.05) is 54.6 Å². The van der Waals surface area contributed by atoms with E-state index in [9.17, 15) is 14.9 Å². The number of benzene rings is 3. The van der Waals surface area contributed by atoms with E-state index < -0.39 is 0 Å². The van der Waals surface area contributed by atoms with Crippen LogP contribution < -0.4 is 9.47 Å². The van der Waals surface area contributed by atoms with E-state index in [0.717, 1.165) is 32.0 Å². The summed E-state index contributed by atoms with van der Waals surface area (Å²) in [6.07, 6.45) is 2.31. The number of thioether (sulfide) groups is 1. The summed E-state index contributed by atoms with van der Waals surface area (Å²) in [6.45, 7) is 0.555. The summed E-state index contributed by atoms with van der Waals surface area (Å²) in [6, 6.07) is 22.8. The number of rotatable bonds is 8. The van der Waals surface area contributed by atoms with Gasteiger partial charge in [0.2, 0.25) is 0 Å². The zero-order valence-electron chi connectivity index (χ0n) is 18.9. The van der Waals surface area contributed by atoms with Crippen molar-refractivity contribution in [1.82, 2.24) is 4.90 Å². The molecule has 4 rings (SSSR count). The average molecular weight is 596 g/mol. The summed E-state index contributed by atoms with van der Waals surface area (Å²) in [5.74, 6) is 0.758. The van der Waals surface area contributed by atoms with Gasteiger partial charge in [0.05, 0.1) is 27.2 Å². The van der Waals surface area contributed by atoms with Crippen molar-refractivity contribution in [2.24, 2.45) is 0 Å². The molecular weight excluding hydrogens is 575 g/mol. The number of nitrogens with zero attached hydrogens (tertiary/aromatic N) is 2. The monoisotopic (exact) mass is 596 g/mol. The molecule has 1 fully saturated rings. The molecule has 3 aromatic rings. The van der Waals surface area contributed by atoms with Gasteiger partial charge < -0.3 is 9.47 Å². The van der Waals surface area contributed by atoms with Gasteiger partial charge in [-0.25, -0.2) is 0 Å². The molecule has 0 radical (unpaired) electrons. The SMILES string of the molecule is COc1cc(/C=C2\SC(=O)N(CCc3ccccc3)C2=O)cc(I)c1OCc1ccccc1C#N. The maximum absolute atomic E-state index is 12.9. The van der Waals surface area contributed by atoms with Crippen LogP contribution in [-0.2, 0) is 17.8 Å². The van der Waals surface area contributed by atoms with Crippen molar-refractivity contribution in [2.75, 3.05) is 13.7 Å². The summed E-state index contributed by atoms with van der Waals surface area (Å²) in [4.78, 5) is 27.0. The van der Waals surface area contributed by atoms with Crippen LogP contribution >= 0.6 is 34.4 Å². The smallest absolute Gasteiger partial charge is 0.293 e. The molecule has 1 aliphatic heterocycles. The largest absolute Gasteiger partial charge is 0.493 e. The van der Waals surface area contributed by atoms with Gasteiger partial charge in [-0.2, -0.15) is 5.26 Å². The molecule has 6 nitrogen and oxygen atoms in total. The second-order valence-corrected chi connectivity index (χ2v) is 9.82. The number of amides is 2. The molecule has 8 heteroatoms. The van der Waals surface area contributed by atoms with E-state index in [1.165, 1.54) is 4.90 Å². The molecule has 1 saturated heterocycles. The molecule has 0 atom stereocenters. The Labute approximate surface area is 221 Å². The highest BCUT2D eigenvalue weighted by atomic mass is 127. The molecule has 35 heavy (non-hydrogen) atoms. The van der Waals surface area contributed by atoms with Crippen LogP contribution in [0.15, 0.2) is 71.6 Å². The van der Waals surface area contributed by atoms with Gasteiger partial charge in [-0.3, -0.25) is 14.5 Å². The van der Waals surface area contributed by atoms with Crippen LogP contribution in [0.2, 0.25) is 0 Å². The third kappa shape index (κ3) is 5.86. The van der Waals surface area contributed by atoms with Gasteiger partial charge in [0.25, 0.3) is 11.1 Å². The highest BCUT2D eigenvalue weighted by molar-refractivity contribution is 14.1. The Morgan fingerprint density at radius 1 is 1.09 bits per heavy atom. The number of ether oxygens (including phenoxy) is 2. The van der Waals surface area contributed by atoms with E-state index >= 15 is 0 Å². The Bertz CT molecular complexity index is 1330. The third-order valence-corrected chi connectivity index (χ3v) is 7.11. The summed E-state index contributed by atoms with van der Waals surface area (Å²) >= 11 is 3.09. The van der Waals surface area contributed by atoms with Gasteiger partial charge in [0.15, 0.2) is 11.5 Å². The number of nitriles is 1. The van der Waals surface area contributed by atoms with Gasteiger partial charge in [-0.05, 0) is 76.2 Å². The molecule has 3 aromatic carbocycles. The molecule has 0 saturated carbocycles. The second-order valence-electron chi connectivity index (χ2n) is 7.66. The highest BCUT2D eigenvalue weighted by Crippen LogP contribution is 2.37. The summed E-state index contributed by atoms with van der Waals surface area (Å²) < 4.78 is 12.3. The van der Waals surface area contributed by atoms with Crippen molar-refractivity contribution in [3.63, 3.8) is 0 Å². The number of methoxy groups -OCH3 is 1. The van der Waals surface area contributed by atoms with Crippen LogP contribution in [0.5, 0.6) is 11.5 Å². The zero-order valence-corrected chi connectivity index (χ0v) is 21.8. The van der Waals surface area contributed by atoms with Gasteiger partial charge >= 0.3 is 0 Å². The first-order chi connectivity index (χ1) is 17.0. The fourth-order valence-electron chi connectivity index (χ4n) is 3.60. The van der Waals surface area contributed by atoms with Crippen LogP contribution in [0.1, 0.15) is 22.3 Å². The summed E-state index contributed by atoms with van der Waals surface area (Å²) in [7, 11) is 1.54. The van der Waals surface area contributed by atoms with Crippen LogP contribution in [0, 0.1) is 14.9 Å². The first-order valence-electron chi connectivity index (χ1n) is 10.8. The normalized spacial score (nSPS) is 14.3. The van der Waals surface area contributed by atoms with Crippen LogP contribution in [0.3, 0.4) is 0 Å². The Kier molecular flexibility index (Phi) is 8.10. The highest BCUT2D eigenvalue weighted by Gasteiger charge is 2.34. The fraction of sp³-hybridized carbons (Fsp3) is 0.148. The van der Waals surface area contributed by atoms with E-state index in [1.54, 1.807) is 25.3 Å². The molecular formula is C27H21IN2O4S. The molecule has 0 aliphatic carbocycles. The lowest BCUT2D eigenvalue weighted by Crippen LogP contribution is -2.30. The maximum Gasteiger partial charge on any atom is 0.293 e. The standard InChI is InChI=1S/C27H21IN2O4S/c1-33-23-14-19(13-22(28)25(23)34-17-21-10-6-5-9-20(21)16-29)15-24-26(31)30(27(32)35-24)12-11-18-7-3-2-4-8-18/h2-10,13-15H,11-12,17H2,1H3/b24-15-. The Hall–Kier alpha value is -3.29. The van der Waals surface area contributed by atoms with Crippen molar-refractivity contribution >= 4 is 51.6 Å². The molecule has 1 aliphatic rings. The second kappa shape index (κ2) is 11.4. The quantitative estimate of drug-likeness (QED) is 0.234. The first kappa shape index (κ1) is 24.8. The van der Waals surface area contributed by atoms with Gasteiger partial charge in [-0.15, -0.1) is 0 Å². The Balaban J connectivity index is 1.50. The van der Waals surface area contributed by atoms with Crippen molar-refractivity contribution in [3.8, 4) is 17.6 Å². The Morgan fingerprint density at radius 2 is 1.83 bits per heavy atom. The lowest BCUT2D eigenvalue weighted by Gasteiger charge is -2.14. The lowest BCUT2D eigenvalue weighted by atomic mass is 10.1. The van der Waals surface area contributed by atoms with Crippen molar-refractivity contribution in [1.29, 1.82) is 5.26 Å². The fourth-order valence-corrected chi connectivity index (χ4v) is 5.24. The van der Waals surface area contributed by atoms with E-state index in [4.69, 9.17) is 9.47 Å². The topological polar surface area (TPSA) is 79.6 Å². The first-order valence-corrected chi connectivity index (χ1v) is 12.7.